The summed E-state index contributed by atoms with van der Waals surface area (Å²) < 4.78 is 10.7. The second kappa shape index (κ2) is 6.01. The van der Waals surface area contributed by atoms with Crippen LogP contribution in [0.25, 0.3) is 0 Å². The number of rotatable bonds is 3. The minimum absolute atomic E-state index is 0.202. The SMILES string of the molecule is OC1CCCCC1Cc1nc(C2CCOCC2)no1. The van der Waals surface area contributed by atoms with Crippen LogP contribution in [0.2, 0.25) is 0 Å². The molecule has 2 atom stereocenters. The summed E-state index contributed by atoms with van der Waals surface area (Å²) in [6.45, 7) is 1.58. The van der Waals surface area contributed by atoms with Gasteiger partial charge in [0.15, 0.2) is 5.82 Å². The lowest BCUT2D eigenvalue weighted by Crippen LogP contribution is -2.26. The highest BCUT2D eigenvalue weighted by molar-refractivity contribution is 4.97. The molecule has 1 saturated heterocycles. The average Bonchev–Trinajstić information content (AvgIpc) is 2.91. The van der Waals surface area contributed by atoms with E-state index >= 15 is 0 Å². The van der Waals surface area contributed by atoms with Crippen LogP contribution < -0.4 is 0 Å². The lowest BCUT2D eigenvalue weighted by Gasteiger charge is -2.26. The first-order valence-corrected chi connectivity index (χ1v) is 7.41. The Morgan fingerprint density at radius 1 is 1.11 bits per heavy atom. The fourth-order valence-electron chi connectivity index (χ4n) is 3.12. The first kappa shape index (κ1) is 13.1. The minimum Gasteiger partial charge on any atom is -0.393 e. The third-order valence-electron chi connectivity index (χ3n) is 4.38. The number of hydrogen-bond acceptors (Lipinski definition) is 5. The Morgan fingerprint density at radius 3 is 2.68 bits per heavy atom. The van der Waals surface area contributed by atoms with Gasteiger partial charge in [-0.2, -0.15) is 4.98 Å². The number of hydrogen-bond donors (Lipinski definition) is 1. The molecule has 1 aromatic rings. The van der Waals surface area contributed by atoms with Crippen LogP contribution in [0.5, 0.6) is 0 Å². The van der Waals surface area contributed by atoms with E-state index in [9.17, 15) is 5.11 Å². The van der Waals surface area contributed by atoms with Crippen LogP contribution in [0.1, 0.15) is 56.2 Å². The summed E-state index contributed by atoms with van der Waals surface area (Å²) in [5.74, 6) is 2.18. The van der Waals surface area contributed by atoms with Gasteiger partial charge in [-0.15, -0.1) is 0 Å². The Kier molecular flexibility index (Phi) is 4.13. The van der Waals surface area contributed by atoms with Crippen LogP contribution in [-0.2, 0) is 11.2 Å². The maximum atomic E-state index is 9.98. The standard InChI is InChI=1S/C14H22N2O3/c17-12-4-2-1-3-11(12)9-13-15-14(16-19-13)10-5-7-18-8-6-10/h10-12,17H,1-9H2. The van der Waals surface area contributed by atoms with Gasteiger partial charge < -0.3 is 14.4 Å². The van der Waals surface area contributed by atoms with Crippen molar-refractivity contribution in [2.75, 3.05) is 13.2 Å². The molecule has 0 amide bonds. The topological polar surface area (TPSA) is 68.4 Å². The molecule has 0 radical (unpaired) electrons. The third-order valence-corrected chi connectivity index (χ3v) is 4.38. The molecule has 2 heterocycles. The molecule has 1 aliphatic heterocycles. The summed E-state index contributed by atoms with van der Waals surface area (Å²) in [5, 5.41) is 14.1. The van der Waals surface area contributed by atoms with Gasteiger partial charge in [-0.25, -0.2) is 0 Å². The van der Waals surface area contributed by atoms with Gasteiger partial charge in [-0.05, 0) is 31.6 Å². The Bertz CT molecular complexity index is 401. The van der Waals surface area contributed by atoms with E-state index in [0.717, 1.165) is 57.6 Å². The van der Waals surface area contributed by atoms with Crippen LogP contribution in [0, 0.1) is 5.92 Å². The van der Waals surface area contributed by atoms with Crippen molar-refractivity contribution in [1.29, 1.82) is 0 Å². The molecule has 19 heavy (non-hydrogen) atoms. The first-order valence-electron chi connectivity index (χ1n) is 7.41. The van der Waals surface area contributed by atoms with Crippen LogP contribution in [0.4, 0.5) is 0 Å². The largest absolute Gasteiger partial charge is 0.393 e. The molecule has 2 fully saturated rings. The van der Waals surface area contributed by atoms with Crippen molar-refractivity contribution >= 4 is 0 Å². The highest BCUT2D eigenvalue weighted by atomic mass is 16.5. The number of nitrogens with zero attached hydrogens (tertiary/aromatic N) is 2. The molecular formula is C14H22N2O3. The predicted octanol–water partition coefficient (Wildman–Crippen LogP) is 2.06. The monoisotopic (exact) mass is 266 g/mol. The quantitative estimate of drug-likeness (QED) is 0.907. The summed E-state index contributed by atoms with van der Waals surface area (Å²) in [7, 11) is 0. The molecule has 2 unspecified atom stereocenters. The van der Waals surface area contributed by atoms with Gasteiger partial charge in [0.2, 0.25) is 5.89 Å². The Labute approximate surface area is 113 Å². The normalized spacial score (nSPS) is 29.5. The van der Waals surface area contributed by atoms with Crippen molar-refractivity contribution in [3.8, 4) is 0 Å². The van der Waals surface area contributed by atoms with E-state index < -0.39 is 0 Å². The fraction of sp³-hybridized carbons (Fsp3) is 0.857. The summed E-state index contributed by atoms with van der Waals surface area (Å²) in [4.78, 5) is 4.52. The zero-order chi connectivity index (χ0) is 13.1. The Balaban J connectivity index is 1.60. The smallest absolute Gasteiger partial charge is 0.227 e. The van der Waals surface area contributed by atoms with Crippen LogP contribution in [-0.4, -0.2) is 34.6 Å². The van der Waals surface area contributed by atoms with E-state index in [4.69, 9.17) is 9.26 Å². The number of aromatic nitrogens is 2. The molecule has 3 rings (SSSR count). The van der Waals surface area contributed by atoms with Gasteiger partial charge in [0.05, 0.1) is 6.10 Å². The van der Waals surface area contributed by atoms with Crippen molar-refractivity contribution in [3.05, 3.63) is 11.7 Å². The van der Waals surface area contributed by atoms with Crippen LogP contribution in [0.3, 0.4) is 0 Å². The molecular weight excluding hydrogens is 244 g/mol. The van der Waals surface area contributed by atoms with E-state index in [1.165, 1.54) is 6.42 Å². The second-order valence-corrected chi connectivity index (χ2v) is 5.75. The summed E-state index contributed by atoms with van der Waals surface area (Å²) >= 11 is 0. The zero-order valence-electron chi connectivity index (χ0n) is 11.3. The van der Waals surface area contributed by atoms with E-state index in [1.807, 2.05) is 0 Å². The molecule has 5 heteroatoms. The minimum atomic E-state index is -0.202. The molecule has 1 N–H and O–H groups in total. The third kappa shape index (κ3) is 3.15. The summed E-state index contributed by atoms with van der Waals surface area (Å²) in [5.41, 5.74) is 0. The summed E-state index contributed by atoms with van der Waals surface area (Å²) in [6, 6.07) is 0. The zero-order valence-corrected chi connectivity index (χ0v) is 11.3. The van der Waals surface area contributed by atoms with Crippen molar-refractivity contribution in [3.63, 3.8) is 0 Å². The molecule has 5 nitrogen and oxygen atoms in total. The number of ether oxygens (including phenoxy) is 1. The highest BCUT2D eigenvalue weighted by Gasteiger charge is 2.27. The van der Waals surface area contributed by atoms with Crippen LogP contribution >= 0.6 is 0 Å². The fourth-order valence-corrected chi connectivity index (χ4v) is 3.12. The molecule has 2 aliphatic rings. The Hall–Kier alpha value is -0.940. The predicted molar refractivity (Wildman–Crippen MR) is 68.8 cm³/mol. The molecule has 0 bridgehead atoms. The maximum Gasteiger partial charge on any atom is 0.227 e. The van der Waals surface area contributed by atoms with Crippen molar-refractivity contribution in [2.24, 2.45) is 5.92 Å². The van der Waals surface area contributed by atoms with E-state index in [-0.39, 0.29) is 12.0 Å². The van der Waals surface area contributed by atoms with Gasteiger partial charge in [-0.3, -0.25) is 0 Å². The highest BCUT2D eigenvalue weighted by Crippen LogP contribution is 2.28. The van der Waals surface area contributed by atoms with Gasteiger partial charge in [0.25, 0.3) is 0 Å². The molecule has 1 aromatic heterocycles. The lowest BCUT2D eigenvalue weighted by molar-refractivity contribution is 0.0656. The van der Waals surface area contributed by atoms with Gasteiger partial charge in [0.1, 0.15) is 0 Å². The molecule has 1 saturated carbocycles. The molecule has 0 spiro atoms. The van der Waals surface area contributed by atoms with Crippen molar-refractivity contribution in [2.45, 2.75) is 57.0 Å². The van der Waals surface area contributed by atoms with E-state index in [1.54, 1.807) is 0 Å². The Morgan fingerprint density at radius 2 is 1.89 bits per heavy atom. The second-order valence-electron chi connectivity index (χ2n) is 5.75. The maximum absolute atomic E-state index is 9.98. The molecule has 106 valence electrons. The van der Waals surface area contributed by atoms with Crippen LogP contribution in [0.15, 0.2) is 4.52 Å². The van der Waals surface area contributed by atoms with Crippen molar-refractivity contribution in [1.82, 2.24) is 10.1 Å². The average molecular weight is 266 g/mol. The van der Waals surface area contributed by atoms with E-state index in [0.29, 0.717) is 11.8 Å². The molecule has 0 aromatic carbocycles. The number of aliphatic hydroxyl groups excluding tert-OH is 1. The van der Waals surface area contributed by atoms with Gasteiger partial charge >= 0.3 is 0 Å². The van der Waals surface area contributed by atoms with Gasteiger partial charge in [-0.1, -0.05) is 18.0 Å². The number of aliphatic hydroxyl groups is 1. The molecule has 1 aliphatic carbocycles. The van der Waals surface area contributed by atoms with Crippen molar-refractivity contribution < 1.29 is 14.4 Å². The van der Waals surface area contributed by atoms with Gasteiger partial charge in [0, 0.05) is 25.6 Å². The lowest BCUT2D eigenvalue weighted by atomic mass is 9.84. The van der Waals surface area contributed by atoms with E-state index in [2.05, 4.69) is 10.1 Å². The first-order chi connectivity index (χ1) is 9.33. The summed E-state index contributed by atoms with van der Waals surface area (Å²) in [6.07, 6.45) is 6.78.